The maximum Gasteiger partial charge on any atom is 0.352 e. The maximum atomic E-state index is 12.1. The van der Waals surface area contributed by atoms with E-state index >= 15 is 0 Å². The summed E-state index contributed by atoms with van der Waals surface area (Å²) >= 11 is 0. The average Bonchev–Trinajstić information content (AvgIpc) is 3.22. The van der Waals surface area contributed by atoms with Crippen LogP contribution in [0, 0.1) is 0 Å². The van der Waals surface area contributed by atoms with Gasteiger partial charge in [-0.2, -0.15) is 0 Å². The summed E-state index contributed by atoms with van der Waals surface area (Å²) in [6, 6.07) is 26.4. The van der Waals surface area contributed by atoms with Gasteiger partial charge in [0.2, 0.25) is 0 Å². The van der Waals surface area contributed by atoms with Crippen LogP contribution in [-0.4, -0.2) is 22.8 Å². The monoisotopic (exact) mass is 467 g/mol. The lowest BCUT2D eigenvalue weighted by molar-refractivity contribution is 0.0686. The minimum absolute atomic E-state index is 0.186. The van der Waals surface area contributed by atoms with Crippen LogP contribution in [0.1, 0.15) is 27.8 Å². The van der Waals surface area contributed by atoms with Gasteiger partial charge >= 0.3 is 5.97 Å². The van der Waals surface area contributed by atoms with Gasteiger partial charge in [-0.3, -0.25) is 0 Å². The fraction of sp³-hybridized carbons (Fsp3) is 0.107. The van der Waals surface area contributed by atoms with Crippen molar-refractivity contribution in [2.24, 2.45) is 11.5 Å². The van der Waals surface area contributed by atoms with Crippen molar-refractivity contribution in [2.45, 2.75) is 12.7 Å². The number of methoxy groups -OCH3 is 1. The molecule has 0 saturated heterocycles. The van der Waals surface area contributed by atoms with Crippen molar-refractivity contribution in [3.05, 3.63) is 102 Å². The molecule has 5 rings (SSSR count). The molecule has 0 amide bonds. The fourth-order valence-electron chi connectivity index (χ4n) is 4.35. The van der Waals surface area contributed by atoms with Crippen LogP contribution in [0.15, 0.2) is 84.9 Å². The minimum Gasteiger partial charge on any atom is -0.497 e. The van der Waals surface area contributed by atoms with Crippen LogP contribution in [0.4, 0.5) is 0 Å². The molecule has 0 bridgehead atoms. The first-order valence-corrected chi connectivity index (χ1v) is 11.1. The molecule has 0 radical (unpaired) electrons. The molecule has 0 aliphatic rings. The van der Waals surface area contributed by atoms with Crippen molar-refractivity contribution in [1.29, 1.82) is 0 Å². The van der Waals surface area contributed by atoms with Gasteiger partial charge in [-0.05, 0) is 58.3 Å². The predicted octanol–water partition coefficient (Wildman–Crippen LogP) is 5.26. The van der Waals surface area contributed by atoms with Crippen LogP contribution < -0.4 is 20.9 Å². The maximum absolute atomic E-state index is 12.1. The van der Waals surface area contributed by atoms with Crippen molar-refractivity contribution >= 4 is 27.6 Å². The summed E-state index contributed by atoms with van der Waals surface area (Å²) in [4.78, 5) is 12.1. The van der Waals surface area contributed by atoms with Crippen LogP contribution in [-0.2, 0) is 6.54 Å². The lowest BCUT2D eigenvalue weighted by Crippen LogP contribution is -2.20. The molecule has 7 nitrogen and oxygen atoms in total. The Kier molecular flexibility index (Phi) is 5.86. The second-order valence-electron chi connectivity index (χ2n) is 8.35. The highest BCUT2D eigenvalue weighted by molar-refractivity contribution is 5.95. The van der Waals surface area contributed by atoms with Crippen LogP contribution >= 0.6 is 0 Å². The summed E-state index contributed by atoms with van der Waals surface area (Å²) < 4.78 is 13.2. The van der Waals surface area contributed by atoms with Gasteiger partial charge in [0.25, 0.3) is 0 Å². The van der Waals surface area contributed by atoms with Gasteiger partial charge in [-0.1, -0.05) is 42.5 Å². The lowest BCUT2D eigenvalue weighted by atomic mass is 10.0. The first-order valence-electron chi connectivity index (χ1n) is 11.1. The number of ether oxygens (including phenoxy) is 2. The Morgan fingerprint density at radius 3 is 2.46 bits per heavy atom. The summed E-state index contributed by atoms with van der Waals surface area (Å²) in [5, 5.41) is 12.7. The number of carbonyl (C=O) groups is 1. The third-order valence-electron chi connectivity index (χ3n) is 6.06. The van der Waals surface area contributed by atoms with E-state index in [1.54, 1.807) is 17.7 Å². The number of aromatic nitrogens is 1. The average molecular weight is 468 g/mol. The van der Waals surface area contributed by atoms with Crippen LogP contribution in [0.2, 0.25) is 0 Å². The van der Waals surface area contributed by atoms with E-state index in [1.807, 2.05) is 78.9 Å². The normalized spacial score (nSPS) is 11.3. The highest BCUT2D eigenvalue weighted by Gasteiger charge is 2.17. The van der Waals surface area contributed by atoms with Gasteiger partial charge < -0.3 is 30.6 Å². The number of hydrogen-bond acceptors (Lipinski definition) is 5. The molecule has 0 atom stereocenters. The molecule has 7 heteroatoms. The summed E-state index contributed by atoms with van der Waals surface area (Å²) in [6.45, 7) is 0.324. The number of benzene rings is 4. The minimum atomic E-state index is -1.01. The van der Waals surface area contributed by atoms with E-state index in [4.69, 9.17) is 20.9 Å². The zero-order valence-electron chi connectivity index (χ0n) is 19.1. The second kappa shape index (κ2) is 9.13. The first-order chi connectivity index (χ1) is 16.9. The Morgan fingerprint density at radius 1 is 0.886 bits per heavy atom. The highest BCUT2D eigenvalue weighted by atomic mass is 16.5. The number of carboxylic acids is 1. The highest BCUT2D eigenvalue weighted by Crippen LogP contribution is 2.32. The molecule has 0 aliphatic carbocycles. The molecular formula is C28H25N3O4. The van der Waals surface area contributed by atoms with E-state index in [9.17, 15) is 9.90 Å². The predicted molar refractivity (Wildman–Crippen MR) is 136 cm³/mol. The standard InChI is InChI=1S/C28H25N3O4/c1-34-21-6-4-7-22(15-21)35-23-11-17-5-2-3-8-24(17)20(12-23)16-31-25-14-19(27(29)30)10-9-18(25)13-26(31)28(32)33/h2-15,27H,16,29-30H2,1H3,(H,32,33). The van der Waals surface area contributed by atoms with Gasteiger partial charge in [0, 0.05) is 23.5 Å². The van der Waals surface area contributed by atoms with Crippen molar-refractivity contribution in [2.75, 3.05) is 7.11 Å². The number of aromatic carboxylic acids is 1. The van der Waals surface area contributed by atoms with Crippen molar-refractivity contribution in [1.82, 2.24) is 4.57 Å². The van der Waals surface area contributed by atoms with Crippen LogP contribution in [0.5, 0.6) is 17.2 Å². The number of nitrogens with two attached hydrogens (primary N) is 2. The van der Waals surface area contributed by atoms with E-state index < -0.39 is 12.1 Å². The van der Waals surface area contributed by atoms with Crippen molar-refractivity contribution in [3.63, 3.8) is 0 Å². The molecule has 176 valence electrons. The Balaban J connectivity index is 1.64. The van der Waals surface area contributed by atoms with Gasteiger partial charge in [0.15, 0.2) is 0 Å². The Morgan fingerprint density at radius 2 is 1.69 bits per heavy atom. The number of rotatable bonds is 7. The molecule has 5 aromatic rings. The number of fused-ring (bicyclic) bond motifs is 2. The van der Waals surface area contributed by atoms with Gasteiger partial charge in [-0.25, -0.2) is 4.79 Å². The third-order valence-corrected chi connectivity index (χ3v) is 6.06. The van der Waals surface area contributed by atoms with Gasteiger partial charge in [0.1, 0.15) is 22.9 Å². The first kappa shape index (κ1) is 22.5. The molecule has 0 spiro atoms. The van der Waals surface area contributed by atoms with E-state index in [0.29, 0.717) is 23.8 Å². The van der Waals surface area contributed by atoms with Crippen molar-refractivity contribution in [3.8, 4) is 17.2 Å². The van der Waals surface area contributed by atoms with Crippen LogP contribution in [0.3, 0.4) is 0 Å². The molecule has 0 unspecified atom stereocenters. The molecular weight excluding hydrogens is 442 g/mol. The van der Waals surface area contributed by atoms with E-state index in [0.717, 1.165) is 32.8 Å². The molecule has 0 fully saturated rings. The van der Waals surface area contributed by atoms with E-state index in [1.165, 1.54) is 0 Å². The Labute approximate surface area is 202 Å². The van der Waals surface area contributed by atoms with Crippen LogP contribution in [0.25, 0.3) is 21.7 Å². The molecule has 1 aromatic heterocycles. The smallest absolute Gasteiger partial charge is 0.352 e. The zero-order valence-corrected chi connectivity index (χ0v) is 19.1. The summed E-state index contributed by atoms with van der Waals surface area (Å²) in [5.41, 5.74) is 14.4. The molecule has 0 aliphatic heterocycles. The number of hydrogen-bond donors (Lipinski definition) is 3. The Hall–Kier alpha value is -4.33. The molecule has 1 heterocycles. The van der Waals surface area contributed by atoms with E-state index in [-0.39, 0.29) is 5.69 Å². The number of carboxylic acid groups (broad SMARTS) is 1. The van der Waals surface area contributed by atoms with Crippen molar-refractivity contribution < 1.29 is 19.4 Å². The zero-order chi connectivity index (χ0) is 24.5. The SMILES string of the molecule is COc1cccc(Oc2cc(Cn3c(C(=O)O)cc4ccc(C(N)N)cc43)c3ccccc3c2)c1. The summed E-state index contributed by atoms with van der Waals surface area (Å²) in [5.74, 6) is 0.977. The lowest BCUT2D eigenvalue weighted by Gasteiger charge is -2.15. The largest absolute Gasteiger partial charge is 0.497 e. The fourth-order valence-corrected chi connectivity index (χ4v) is 4.35. The van der Waals surface area contributed by atoms with Gasteiger partial charge in [0.05, 0.1) is 13.3 Å². The Bertz CT molecular complexity index is 1560. The molecule has 35 heavy (non-hydrogen) atoms. The third kappa shape index (κ3) is 4.42. The van der Waals surface area contributed by atoms with E-state index in [2.05, 4.69) is 0 Å². The topological polar surface area (TPSA) is 113 Å². The summed E-state index contributed by atoms with van der Waals surface area (Å²) in [7, 11) is 1.61. The molecule has 5 N–H and O–H groups in total. The second-order valence-corrected chi connectivity index (χ2v) is 8.35. The summed E-state index contributed by atoms with van der Waals surface area (Å²) in [6.07, 6.45) is -0.656. The molecule has 0 saturated carbocycles. The molecule has 4 aromatic carbocycles. The number of nitrogens with zero attached hydrogens (tertiary/aromatic N) is 1. The van der Waals surface area contributed by atoms with Gasteiger partial charge in [-0.15, -0.1) is 0 Å². The quantitative estimate of drug-likeness (QED) is 0.282.